The number of oxazole rings is 1. The molecule has 0 unspecified atom stereocenters. The van der Waals surface area contributed by atoms with Crippen LogP contribution in [-0.2, 0) is 17.0 Å². The lowest BCUT2D eigenvalue weighted by molar-refractivity contribution is -0.115. The van der Waals surface area contributed by atoms with Gasteiger partial charge in [-0.25, -0.2) is 4.98 Å². The van der Waals surface area contributed by atoms with E-state index in [2.05, 4.69) is 27.1 Å². The molecule has 0 bridgehead atoms. The van der Waals surface area contributed by atoms with Gasteiger partial charge >= 0.3 is 0 Å². The molecule has 28 heavy (non-hydrogen) atoms. The van der Waals surface area contributed by atoms with E-state index in [-0.39, 0.29) is 12.3 Å². The zero-order valence-electron chi connectivity index (χ0n) is 15.2. The van der Waals surface area contributed by atoms with Crippen molar-refractivity contribution in [2.24, 2.45) is 0 Å². The molecule has 4 rings (SSSR count). The molecule has 0 saturated carbocycles. The Morgan fingerprint density at radius 1 is 1.18 bits per heavy atom. The fraction of sp³-hybridized carbons (Fsp3) is 0.143. The van der Waals surface area contributed by atoms with E-state index < -0.39 is 0 Å². The van der Waals surface area contributed by atoms with E-state index in [4.69, 9.17) is 4.42 Å². The van der Waals surface area contributed by atoms with Crippen molar-refractivity contribution in [1.29, 1.82) is 0 Å². The van der Waals surface area contributed by atoms with Crippen LogP contribution in [0.25, 0.3) is 10.8 Å². The second kappa shape index (κ2) is 8.77. The van der Waals surface area contributed by atoms with Crippen LogP contribution in [0, 0.1) is 6.92 Å². The van der Waals surface area contributed by atoms with Gasteiger partial charge in [-0.15, -0.1) is 23.1 Å². The number of nitrogens with one attached hydrogen (secondary N) is 1. The molecule has 1 N–H and O–H groups in total. The third-order valence-corrected chi connectivity index (χ3v) is 6.82. The van der Waals surface area contributed by atoms with Gasteiger partial charge in [0, 0.05) is 10.6 Å². The maximum absolute atomic E-state index is 12.6. The number of amides is 1. The van der Waals surface area contributed by atoms with Gasteiger partial charge in [0.1, 0.15) is 5.76 Å². The average Bonchev–Trinajstić information content (AvgIpc) is 3.44. The zero-order valence-corrected chi connectivity index (χ0v) is 17.6. The monoisotopic (exact) mass is 426 g/mol. The fourth-order valence-corrected chi connectivity index (χ4v) is 5.05. The summed E-state index contributed by atoms with van der Waals surface area (Å²) in [6.07, 6.45) is 0.185. The van der Waals surface area contributed by atoms with Gasteiger partial charge in [0.05, 0.1) is 22.7 Å². The van der Waals surface area contributed by atoms with E-state index in [0.717, 1.165) is 21.2 Å². The van der Waals surface area contributed by atoms with Crippen molar-refractivity contribution in [1.82, 2.24) is 4.98 Å². The number of para-hydroxylation sites is 1. The normalized spacial score (nSPS) is 10.9. The van der Waals surface area contributed by atoms with Gasteiger partial charge in [-0.1, -0.05) is 18.2 Å². The van der Waals surface area contributed by atoms with Crippen LogP contribution in [0.5, 0.6) is 0 Å². The standard InChI is InChI=1S/C21H18N2O2S3/c1-14-17(23-21(25-14)19-7-4-9-27-19)11-20(24)22-16-5-2-3-6-18(16)28-13-15-8-10-26-12-15/h2-10,12H,11,13H2,1H3,(H,22,24). The SMILES string of the molecule is Cc1oc(-c2cccs2)nc1CC(=O)Nc1ccccc1SCc1ccsc1. The summed E-state index contributed by atoms with van der Waals surface area (Å²) >= 11 is 4.98. The van der Waals surface area contributed by atoms with Gasteiger partial charge in [-0.2, -0.15) is 11.3 Å². The number of rotatable bonds is 7. The van der Waals surface area contributed by atoms with E-state index >= 15 is 0 Å². The van der Waals surface area contributed by atoms with Crippen molar-refractivity contribution in [3.8, 4) is 10.8 Å². The van der Waals surface area contributed by atoms with Crippen molar-refractivity contribution in [2.75, 3.05) is 5.32 Å². The molecule has 3 heterocycles. The number of hydrogen-bond acceptors (Lipinski definition) is 6. The third kappa shape index (κ3) is 4.55. The number of carbonyl (C=O) groups is 1. The highest BCUT2D eigenvalue weighted by molar-refractivity contribution is 7.98. The number of aromatic nitrogens is 1. The highest BCUT2D eigenvalue weighted by Gasteiger charge is 2.16. The maximum Gasteiger partial charge on any atom is 0.236 e. The van der Waals surface area contributed by atoms with Gasteiger partial charge in [0.15, 0.2) is 0 Å². The molecular weight excluding hydrogens is 408 g/mol. The van der Waals surface area contributed by atoms with Gasteiger partial charge in [-0.05, 0) is 52.9 Å². The lowest BCUT2D eigenvalue weighted by Gasteiger charge is -2.10. The second-order valence-electron chi connectivity index (χ2n) is 6.14. The Hall–Kier alpha value is -2.35. The van der Waals surface area contributed by atoms with Crippen molar-refractivity contribution >= 4 is 46.0 Å². The van der Waals surface area contributed by atoms with Crippen LogP contribution < -0.4 is 5.32 Å². The first-order chi connectivity index (χ1) is 13.7. The number of benzene rings is 1. The molecule has 0 aliphatic heterocycles. The average molecular weight is 427 g/mol. The molecule has 0 aliphatic rings. The first-order valence-corrected chi connectivity index (χ1v) is 11.5. The molecule has 3 aromatic heterocycles. The third-order valence-electron chi connectivity index (χ3n) is 4.09. The minimum absolute atomic E-state index is 0.0993. The number of thiophene rings is 2. The van der Waals surface area contributed by atoms with Crippen LogP contribution in [0.4, 0.5) is 5.69 Å². The summed E-state index contributed by atoms with van der Waals surface area (Å²) in [5.41, 5.74) is 2.78. The van der Waals surface area contributed by atoms with Crippen molar-refractivity contribution in [3.63, 3.8) is 0 Å². The van der Waals surface area contributed by atoms with Gasteiger partial charge in [0.25, 0.3) is 0 Å². The Labute approximate surface area is 175 Å². The molecule has 0 aliphatic carbocycles. The summed E-state index contributed by atoms with van der Waals surface area (Å²) in [6, 6.07) is 13.9. The molecule has 0 atom stereocenters. The summed E-state index contributed by atoms with van der Waals surface area (Å²) in [4.78, 5) is 19.1. The van der Waals surface area contributed by atoms with Gasteiger partial charge in [-0.3, -0.25) is 4.79 Å². The first-order valence-electron chi connectivity index (χ1n) is 8.72. The number of nitrogens with zero attached hydrogens (tertiary/aromatic N) is 1. The van der Waals surface area contributed by atoms with Gasteiger partial charge < -0.3 is 9.73 Å². The number of carbonyl (C=O) groups excluding carboxylic acids is 1. The largest absolute Gasteiger partial charge is 0.440 e. The molecule has 0 saturated heterocycles. The van der Waals surface area contributed by atoms with E-state index in [1.807, 2.05) is 48.7 Å². The Balaban J connectivity index is 1.43. The molecule has 0 spiro atoms. The van der Waals surface area contributed by atoms with Crippen LogP contribution >= 0.6 is 34.4 Å². The minimum atomic E-state index is -0.0993. The highest BCUT2D eigenvalue weighted by atomic mass is 32.2. The lowest BCUT2D eigenvalue weighted by Crippen LogP contribution is -2.15. The van der Waals surface area contributed by atoms with Crippen LogP contribution in [0.15, 0.2) is 67.9 Å². The van der Waals surface area contributed by atoms with Crippen molar-refractivity contribution < 1.29 is 9.21 Å². The summed E-state index contributed by atoms with van der Waals surface area (Å²) in [5, 5.41) is 9.23. The topological polar surface area (TPSA) is 55.1 Å². The zero-order chi connectivity index (χ0) is 19.3. The first kappa shape index (κ1) is 19.0. The summed E-state index contributed by atoms with van der Waals surface area (Å²) in [6.45, 7) is 1.84. The maximum atomic E-state index is 12.6. The Kier molecular flexibility index (Phi) is 5.95. The molecule has 4 aromatic rings. The smallest absolute Gasteiger partial charge is 0.236 e. The summed E-state index contributed by atoms with van der Waals surface area (Å²) in [7, 11) is 0. The number of aryl methyl sites for hydroxylation is 1. The Morgan fingerprint density at radius 3 is 2.86 bits per heavy atom. The van der Waals surface area contributed by atoms with Crippen molar-refractivity contribution in [3.05, 3.63) is 75.6 Å². The second-order valence-corrected chi connectivity index (χ2v) is 8.89. The number of hydrogen-bond donors (Lipinski definition) is 1. The molecule has 4 nitrogen and oxygen atoms in total. The molecule has 1 aromatic carbocycles. The van der Waals surface area contributed by atoms with Crippen LogP contribution in [-0.4, -0.2) is 10.9 Å². The van der Waals surface area contributed by atoms with E-state index in [0.29, 0.717) is 17.3 Å². The van der Waals surface area contributed by atoms with E-state index in [1.165, 1.54) is 5.56 Å². The summed E-state index contributed by atoms with van der Waals surface area (Å²) < 4.78 is 5.73. The predicted molar refractivity (Wildman–Crippen MR) is 117 cm³/mol. The molecule has 0 radical (unpaired) electrons. The Bertz CT molecular complexity index is 1050. The minimum Gasteiger partial charge on any atom is -0.440 e. The molecule has 0 fully saturated rings. The van der Waals surface area contributed by atoms with Crippen LogP contribution in [0.3, 0.4) is 0 Å². The van der Waals surface area contributed by atoms with Crippen LogP contribution in [0.2, 0.25) is 0 Å². The molecule has 1 amide bonds. The van der Waals surface area contributed by atoms with E-state index in [1.54, 1.807) is 34.4 Å². The van der Waals surface area contributed by atoms with Crippen molar-refractivity contribution in [2.45, 2.75) is 24.0 Å². The Morgan fingerprint density at radius 2 is 2.07 bits per heavy atom. The fourth-order valence-electron chi connectivity index (χ4n) is 2.68. The molecular formula is C21H18N2O2S3. The number of thioether (sulfide) groups is 1. The lowest BCUT2D eigenvalue weighted by atomic mass is 10.2. The van der Waals surface area contributed by atoms with Gasteiger partial charge in [0.2, 0.25) is 11.8 Å². The quantitative estimate of drug-likeness (QED) is 0.355. The number of anilines is 1. The molecule has 142 valence electrons. The highest BCUT2D eigenvalue weighted by Crippen LogP contribution is 2.31. The van der Waals surface area contributed by atoms with Crippen LogP contribution in [0.1, 0.15) is 17.0 Å². The molecule has 7 heteroatoms. The van der Waals surface area contributed by atoms with E-state index in [9.17, 15) is 4.79 Å². The predicted octanol–water partition coefficient (Wildman–Crippen LogP) is 6.25. The summed E-state index contributed by atoms with van der Waals surface area (Å²) in [5.74, 6) is 2.03.